The average molecular weight is 443 g/mol. The van der Waals surface area contributed by atoms with E-state index in [0.29, 0.717) is 10.7 Å². The highest BCUT2D eigenvalue weighted by Gasteiger charge is 2.22. The van der Waals surface area contributed by atoms with E-state index in [1.54, 1.807) is 5.38 Å². The monoisotopic (exact) mass is 443 g/mol. The number of ether oxygens (including phenoxy) is 2. The first-order valence-corrected chi connectivity index (χ1v) is 9.66. The Bertz CT molecular complexity index is 1180. The Morgan fingerprint density at radius 3 is 2.58 bits per heavy atom. The van der Waals surface area contributed by atoms with Crippen LogP contribution in [0.15, 0.2) is 41.8 Å². The van der Waals surface area contributed by atoms with E-state index in [0.717, 1.165) is 17.2 Å². The number of hydrogen-bond donors (Lipinski definition) is 0. The smallest absolute Gasteiger partial charge is 0.387 e. The molecule has 2 aromatic carbocycles. The maximum Gasteiger partial charge on any atom is 0.387 e. The first-order valence-electron chi connectivity index (χ1n) is 8.78. The molecule has 0 radical (unpaired) electrons. The highest BCUT2D eigenvalue weighted by molar-refractivity contribution is 7.11. The third-order valence-electron chi connectivity index (χ3n) is 4.23. The third-order valence-corrected chi connectivity index (χ3v) is 5.10. The minimum Gasteiger partial charge on any atom is -0.493 e. The quantitative estimate of drug-likeness (QED) is 0.264. The van der Waals surface area contributed by atoms with Crippen LogP contribution < -0.4 is 9.47 Å². The topological polar surface area (TPSA) is 98.3 Å². The number of allylic oxidation sites excluding steroid dienone is 1. The van der Waals surface area contributed by atoms with E-state index in [1.165, 1.54) is 30.6 Å². The van der Waals surface area contributed by atoms with Crippen LogP contribution in [0, 0.1) is 28.4 Å². The number of nitro benzene ring substituents is 1. The van der Waals surface area contributed by atoms with E-state index in [-0.39, 0.29) is 16.9 Å². The predicted molar refractivity (Wildman–Crippen MR) is 112 cm³/mol. The van der Waals surface area contributed by atoms with Gasteiger partial charge in [0, 0.05) is 10.9 Å². The van der Waals surface area contributed by atoms with Crippen LogP contribution in [0.3, 0.4) is 0 Å². The van der Waals surface area contributed by atoms with Gasteiger partial charge in [0.05, 0.1) is 34.9 Å². The van der Waals surface area contributed by atoms with E-state index < -0.39 is 23.0 Å². The van der Waals surface area contributed by atoms with Crippen LogP contribution in [0.5, 0.6) is 11.5 Å². The highest BCUT2D eigenvalue weighted by atomic mass is 32.1. The van der Waals surface area contributed by atoms with Crippen molar-refractivity contribution in [2.45, 2.75) is 13.5 Å². The molecule has 31 heavy (non-hydrogen) atoms. The molecule has 0 aliphatic carbocycles. The fraction of sp³-hybridized carbons (Fsp3) is 0.143. The lowest BCUT2D eigenvalue weighted by molar-refractivity contribution is -0.385. The maximum atomic E-state index is 12.6. The molecule has 0 atom stereocenters. The molecule has 7 nitrogen and oxygen atoms in total. The second-order valence-corrected chi connectivity index (χ2v) is 7.13. The average Bonchev–Trinajstić information content (AvgIpc) is 3.22. The van der Waals surface area contributed by atoms with Crippen molar-refractivity contribution in [3.05, 3.63) is 68.0 Å². The first kappa shape index (κ1) is 21.9. The molecule has 1 aromatic heterocycles. The normalized spacial score (nSPS) is 11.3. The molecular formula is C21H15F2N3O4S. The second-order valence-electron chi connectivity index (χ2n) is 6.27. The molecule has 3 rings (SSSR count). The molecule has 0 saturated heterocycles. The molecule has 0 fully saturated rings. The van der Waals surface area contributed by atoms with Gasteiger partial charge in [-0.25, -0.2) is 4.98 Å². The van der Waals surface area contributed by atoms with E-state index in [9.17, 15) is 24.2 Å². The number of rotatable bonds is 7. The summed E-state index contributed by atoms with van der Waals surface area (Å²) < 4.78 is 34.5. The van der Waals surface area contributed by atoms with Gasteiger partial charge in [-0.05, 0) is 19.1 Å². The van der Waals surface area contributed by atoms with E-state index in [1.807, 2.05) is 37.3 Å². The zero-order valence-corrected chi connectivity index (χ0v) is 17.2. The number of benzene rings is 2. The van der Waals surface area contributed by atoms with Crippen LogP contribution in [0.1, 0.15) is 16.1 Å². The summed E-state index contributed by atoms with van der Waals surface area (Å²) in [5, 5.41) is 23.2. The van der Waals surface area contributed by atoms with Crippen molar-refractivity contribution in [2.75, 3.05) is 7.11 Å². The number of halogens is 2. The number of nitriles is 1. The van der Waals surface area contributed by atoms with Crippen molar-refractivity contribution in [1.29, 1.82) is 5.26 Å². The third kappa shape index (κ3) is 5.02. The predicted octanol–water partition coefficient (Wildman–Crippen LogP) is 5.70. The Morgan fingerprint density at radius 2 is 2.00 bits per heavy atom. The number of aryl methyl sites for hydroxylation is 1. The first-order chi connectivity index (χ1) is 14.8. The van der Waals surface area contributed by atoms with E-state index in [2.05, 4.69) is 9.72 Å². The zero-order chi connectivity index (χ0) is 22.5. The molecular weight excluding hydrogens is 428 g/mol. The molecule has 0 aliphatic rings. The van der Waals surface area contributed by atoms with E-state index in [4.69, 9.17) is 4.74 Å². The van der Waals surface area contributed by atoms with Gasteiger partial charge in [-0.15, -0.1) is 11.3 Å². The summed E-state index contributed by atoms with van der Waals surface area (Å²) >= 11 is 1.21. The lowest BCUT2D eigenvalue weighted by Gasteiger charge is -2.11. The maximum absolute atomic E-state index is 12.6. The van der Waals surface area contributed by atoms with Crippen LogP contribution in [0.2, 0.25) is 0 Å². The van der Waals surface area contributed by atoms with Crippen molar-refractivity contribution in [3.63, 3.8) is 0 Å². The van der Waals surface area contributed by atoms with Crippen LogP contribution >= 0.6 is 11.3 Å². The summed E-state index contributed by atoms with van der Waals surface area (Å²) in [5.41, 5.74) is 2.18. The summed E-state index contributed by atoms with van der Waals surface area (Å²) in [6, 6.07) is 11.7. The van der Waals surface area contributed by atoms with Crippen LogP contribution in [-0.4, -0.2) is 23.6 Å². The van der Waals surface area contributed by atoms with Crippen LogP contribution in [0.25, 0.3) is 22.9 Å². The zero-order valence-electron chi connectivity index (χ0n) is 16.3. The Morgan fingerprint density at radius 1 is 1.29 bits per heavy atom. The summed E-state index contributed by atoms with van der Waals surface area (Å²) in [4.78, 5) is 15.2. The number of thiazole rings is 1. The lowest BCUT2D eigenvalue weighted by atomic mass is 10.1. The van der Waals surface area contributed by atoms with Gasteiger partial charge in [-0.3, -0.25) is 10.1 Å². The lowest BCUT2D eigenvalue weighted by Crippen LogP contribution is -2.05. The van der Waals surface area contributed by atoms with Crippen molar-refractivity contribution < 1.29 is 23.2 Å². The largest absolute Gasteiger partial charge is 0.493 e. The van der Waals surface area contributed by atoms with Crippen molar-refractivity contribution in [3.8, 4) is 28.8 Å². The summed E-state index contributed by atoms with van der Waals surface area (Å²) in [7, 11) is 1.22. The SMILES string of the molecule is COc1cc(/C=C(\C#N)c2nc(-c3ccc(C)cc3)cs2)c([N+](=O)[O-])cc1OC(F)F. The van der Waals surface area contributed by atoms with Gasteiger partial charge in [-0.1, -0.05) is 29.8 Å². The molecule has 3 aromatic rings. The second kappa shape index (κ2) is 9.32. The fourth-order valence-corrected chi connectivity index (χ4v) is 3.53. The fourth-order valence-electron chi connectivity index (χ4n) is 2.74. The molecule has 0 spiro atoms. The number of nitro groups is 1. The Hall–Kier alpha value is -3.84. The van der Waals surface area contributed by atoms with Crippen LogP contribution in [-0.2, 0) is 0 Å². The Balaban J connectivity index is 2.05. The standard InChI is InChI=1S/C21H15F2N3O4S/c1-12-3-5-13(6-4-12)16-11-31-20(25-16)15(10-24)7-14-8-18(29-2)19(30-21(22)23)9-17(14)26(27)28/h3-9,11,21H,1-2H3/b15-7+. The molecule has 0 amide bonds. The van der Waals surface area contributed by atoms with Gasteiger partial charge >= 0.3 is 6.61 Å². The summed E-state index contributed by atoms with van der Waals surface area (Å²) in [5.74, 6) is -0.607. The molecule has 10 heteroatoms. The number of methoxy groups -OCH3 is 1. The molecule has 0 saturated carbocycles. The molecule has 0 unspecified atom stereocenters. The van der Waals surface area contributed by atoms with Gasteiger partial charge in [0.1, 0.15) is 11.1 Å². The number of hydrogen-bond acceptors (Lipinski definition) is 7. The minimum atomic E-state index is -3.18. The van der Waals surface area contributed by atoms with Gasteiger partial charge in [0.2, 0.25) is 0 Å². The minimum absolute atomic E-state index is 0.00731. The molecule has 0 bridgehead atoms. The van der Waals surface area contributed by atoms with Crippen molar-refractivity contribution in [1.82, 2.24) is 4.98 Å². The van der Waals surface area contributed by atoms with Gasteiger partial charge in [0.25, 0.3) is 5.69 Å². The molecule has 0 aliphatic heterocycles. The Kier molecular flexibility index (Phi) is 6.57. The molecule has 158 valence electrons. The number of alkyl halides is 2. The summed E-state index contributed by atoms with van der Waals surface area (Å²) in [6.07, 6.45) is 1.27. The summed E-state index contributed by atoms with van der Waals surface area (Å²) in [6.45, 7) is -1.22. The molecule has 0 N–H and O–H groups in total. The Labute approximate surface area is 180 Å². The van der Waals surface area contributed by atoms with Gasteiger partial charge < -0.3 is 9.47 Å². The number of aromatic nitrogens is 1. The van der Waals surface area contributed by atoms with Gasteiger partial charge in [0.15, 0.2) is 11.5 Å². The van der Waals surface area contributed by atoms with Crippen LogP contribution in [0.4, 0.5) is 14.5 Å². The van der Waals surface area contributed by atoms with Gasteiger partial charge in [-0.2, -0.15) is 14.0 Å². The van der Waals surface area contributed by atoms with E-state index >= 15 is 0 Å². The van der Waals surface area contributed by atoms with Crippen molar-refractivity contribution >= 4 is 28.7 Å². The highest BCUT2D eigenvalue weighted by Crippen LogP contribution is 2.37. The number of nitrogens with zero attached hydrogens (tertiary/aromatic N) is 3. The molecule has 1 heterocycles. The van der Waals surface area contributed by atoms with Crippen molar-refractivity contribution in [2.24, 2.45) is 0 Å².